The molecule has 0 bridgehead atoms. The van der Waals surface area contributed by atoms with Gasteiger partial charge in [0, 0.05) is 44.7 Å². The van der Waals surface area contributed by atoms with Crippen molar-refractivity contribution in [3.63, 3.8) is 0 Å². The predicted octanol–water partition coefficient (Wildman–Crippen LogP) is 3.21. The van der Waals surface area contributed by atoms with Gasteiger partial charge in [0.05, 0.1) is 10.9 Å². The van der Waals surface area contributed by atoms with Crippen LogP contribution < -0.4 is 10.5 Å². The Labute approximate surface area is 176 Å². The lowest BCUT2D eigenvalue weighted by atomic mass is 10.1. The monoisotopic (exact) mass is 404 g/mol. The van der Waals surface area contributed by atoms with E-state index in [1.165, 1.54) is 16.8 Å². The highest BCUT2D eigenvalue weighted by molar-refractivity contribution is 5.77. The summed E-state index contributed by atoms with van der Waals surface area (Å²) in [6, 6.07) is 13.7. The molecule has 0 saturated carbocycles. The van der Waals surface area contributed by atoms with Crippen molar-refractivity contribution in [3.8, 4) is 0 Å². The van der Waals surface area contributed by atoms with E-state index in [1.807, 2.05) is 23.1 Å². The summed E-state index contributed by atoms with van der Waals surface area (Å²) in [5.41, 5.74) is 4.46. The number of aromatic nitrogens is 2. The van der Waals surface area contributed by atoms with Gasteiger partial charge in [-0.2, -0.15) is 0 Å². The molecule has 6 heteroatoms. The molecule has 30 heavy (non-hydrogen) atoms. The molecular formula is C24H28N4O2. The summed E-state index contributed by atoms with van der Waals surface area (Å²) in [5.74, 6) is 0.824. The number of benzene rings is 2. The Kier molecular flexibility index (Phi) is 5.84. The molecule has 1 saturated heterocycles. The summed E-state index contributed by atoms with van der Waals surface area (Å²) < 4.78 is 0. The predicted molar refractivity (Wildman–Crippen MR) is 120 cm³/mol. The number of aromatic amines is 1. The van der Waals surface area contributed by atoms with Gasteiger partial charge in [-0.15, -0.1) is 0 Å². The molecule has 1 fully saturated rings. The van der Waals surface area contributed by atoms with E-state index >= 15 is 0 Å². The number of carbonyl (C=O) groups excluding carboxylic acids is 1. The van der Waals surface area contributed by atoms with E-state index in [4.69, 9.17) is 0 Å². The van der Waals surface area contributed by atoms with Crippen LogP contribution in [0.15, 0.2) is 47.3 Å². The van der Waals surface area contributed by atoms with Crippen LogP contribution in [0.4, 0.5) is 5.69 Å². The molecule has 3 aromatic rings. The van der Waals surface area contributed by atoms with Crippen LogP contribution in [0.5, 0.6) is 0 Å². The molecule has 2 aromatic carbocycles. The minimum atomic E-state index is -0.121. The number of aryl methyl sites for hydroxylation is 2. The lowest BCUT2D eigenvalue weighted by Gasteiger charge is -2.37. The van der Waals surface area contributed by atoms with Crippen LogP contribution in [0.3, 0.4) is 0 Å². The van der Waals surface area contributed by atoms with E-state index in [-0.39, 0.29) is 11.5 Å². The quantitative estimate of drug-likeness (QED) is 0.709. The van der Waals surface area contributed by atoms with Crippen LogP contribution >= 0.6 is 0 Å². The SMILES string of the molecule is Cc1cccc(N2CCN(C(=O)CCCc3nc4ccccc4c(=O)[nH]3)CC2)c1C. The topological polar surface area (TPSA) is 69.3 Å². The maximum absolute atomic E-state index is 12.6. The van der Waals surface area contributed by atoms with E-state index in [1.54, 1.807) is 6.07 Å². The number of hydrogen-bond acceptors (Lipinski definition) is 4. The Morgan fingerprint density at radius 2 is 1.80 bits per heavy atom. The average Bonchev–Trinajstić information content (AvgIpc) is 2.76. The number of H-pyrrole nitrogens is 1. The summed E-state index contributed by atoms with van der Waals surface area (Å²) in [6.07, 6.45) is 1.74. The normalized spacial score (nSPS) is 14.3. The molecular weight excluding hydrogens is 376 g/mol. The number of fused-ring (bicyclic) bond motifs is 1. The smallest absolute Gasteiger partial charge is 0.258 e. The zero-order valence-corrected chi connectivity index (χ0v) is 17.6. The molecule has 2 heterocycles. The molecule has 4 rings (SSSR count). The number of amides is 1. The maximum Gasteiger partial charge on any atom is 0.258 e. The molecule has 0 radical (unpaired) electrons. The molecule has 1 N–H and O–H groups in total. The summed E-state index contributed by atoms with van der Waals surface area (Å²) in [7, 11) is 0. The van der Waals surface area contributed by atoms with Crippen molar-refractivity contribution >= 4 is 22.5 Å². The Morgan fingerprint density at radius 1 is 1.03 bits per heavy atom. The first-order chi connectivity index (χ1) is 14.5. The molecule has 0 atom stereocenters. The second kappa shape index (κ2) is 8.69. The standard InChI is InChI=1S/C24H28N4O2/c1-17-7-5-10-21(18(17)2)27-13-15-28(16-14-27)23(29)12-6-11-22-25-20-9-4-3-8-19(20)24(30)26-22/h3-5,7-10H,6,11-16H2,1-2H3,(H,25,26,30). The summed E-state index contributed by atoms with van der Waals surface area (Å²) in [4.78, 5) is 36.5. The number of rotatable bonds is 5. The van der Waals surface area contributed by atoms with Gasteiger partial charge in [-0.05, 0) is 49.6 Å². The van der Waals surface area contributed by atoms with E-state index in [0.717, 1.165) is 26.2 Å². The molecule has 0 spiro atoms. The molecule has 1 aromatic heterocycles. The largest absolute Gasteiger partial charge is 0.368 e. The van der Waals surface area contributed by atoms with Crippen LogP contribution in [0.25, 0.3) is 10.9 Å². The first-order valence-corrected chi connectivity index (χ1v) is 10.6. The van der Waals surface area contributed by atoms with Gasteiger partial charge in [-0.25, -0.2) is 4.98 Å². The second-order valence-electron chi connectivity index (χ2n) is 7.97. The van der Waals surface area contributed by atoms with E-state index in [9.17, 15) is 9.59 Å². The second-order valence-corrected chi connectivity index (χ2v) is 7.97. The molecule has 156 valence electrons. The Morgan fingerprint density at radius 3 is 2.60 bits per heavy atom. The van der Waals surface area contributed by atoms with Gasteiger partial charge in [0.25, 0.3) is 5.56 Å². The van der Waals surface area contributed by atoms with Gasteiger partial charge in [0.15, 0.2) is 0 Å². The van der Waals surface area contributed by atoms with Crippen molar-refractivity contribution in [2.45, 2.75) is 33.1 Å². The fourth-order valence-electron chi connectivity index (χ4n) is 4.09. The van der Waals surface area contributed by atoms with Crippen LogP contribution in [0.1, 0.15) is 29.8 Å². The zero-order chi connectivity index (χ0) is 21.1. The Hall–Kier alpha value is -3.15. The average molecular weight is 405 g/mol. The van der Waals surface area contributed by atoms with Crippen molar-refractivity contribution in [1.82, 2.24) is 14.9 Å². The first-order valence-electron chi connectivity index (χ1n) is 10.6. The third kappa shape index (κ3) is 4.22. The zero-order valence-electron chi connectivity index (χ0n) is 17.6. The van der Waals surface area contributed by atoms with Crippen LogP contribution in [0, 0.1) is 13.8 Å². The van der Waals surface area contributed by atoms with Gasteiger partial charge in [-0.1, -0.05) is 24.3 Å². The lowest BCUT2D eigenvalue weighted by Crippen LogP contribution is -2.49. The highest BCUT2D eigenvalue weighted by Crippen LogP contribution is 2.24. The lowest BCUT2D eigenvalue weighted by molar-refractivity contribution is -0.131. The number of carbonyl (C=O) groups is 1. The van der Waals surface area contributed by atoms with Gasteiger partial charge in [-0.3, -0.25) is 9.59 Å². The fourth-order valence-corrected chi connectivity index (χ4v) is 4.09. The van der Waals surface area contributed by atoms with E-state index < -0.39 is 0 Å². The Balaban J connectivity index is 1.29. The number of anilines is 1. The van der Waals surface area contributed by atoms with Crippen molar-refractivity contribution in [2.24, 2.45) is 0 Å². The molecule has 0 unspecified atom stereocenters. The molecule has 1 aliphatic heterocycles. The van der Waals surface area contributed by atoms with Gasteiger partial charge in [0.1, 0.15) is 5.82 Å². The number of piperazine rings is 1. The fraction of sp³-hybridized carbons (Fsp3) is 0.375. The van der Waals surface area contributed by atoms with E-state index in [2.05, 4.69) is 46.9 Å². The molecule has 1 amide bonds. The maximum atomic E-state index is 12.6. The van der Waals surface area contributed by atoms with Crippen molar-refractivity contribution in [2.75, 3.05) is 31.1 Å². The Bertz CT molecular complexity index is 1110. The van der Waals surface area contributed by atoms with Crippen LogP contribution in [-0.4, -0.2) is 47.0 Å². The van der Waals surface area contributed by atoms with Gasteiger partial charge in [0.2, 0.25) is 5.91 Å². The molecule has 1 aliphatic rings. The first kappa shape index (κ1) is 20.1. The highest BCUT2D eigenvalue weighted by Gasteiger charge is 2.22. The number of nitrogens with zero attached hydrogens (tertiary/aromatic N) is 3. The third-order valence-corrected chi connectivity index (χ3v) is 6.02. The van der Waals surface area contributed by atoms with Crippen LogP contribution in [0.2, 0.25) is 0 Å². The number of para-hydroxylation sites is 1. The van der Waals surface area contributed by atoms with Crippen molar-refractivity contribution in [1.29, 1.82) is 0 Å². The van der Waals surface area contributed by atoms with Gasteiger partial charge < -0.3 is 14.8 Å². The minimum absolute atomic E-state index is 0.121. The van der Waals surface area contributed by atoms with Crippen molar-refractivity contribution < 1.29 is 4.79 Å². The summed E-state index contributed by atoms with van der Waals surface area (Å²) in [5, 5.41) is 0.596. The van der Waals surface area contributed by atoms with Crippen LogP contribution in [-0.2, 0) is 11.2 Å². The third-order valence-electron chi connectivity index (χ3n) is 6.02. The number of hydrogen-bond donors (Lipinski definition) is 1. The molecule has 0 aliphatic carbocycles. The highest BCUT2D eigenvalue weighted by atomic mass is 16.2. The molecule has 6 nitrogen and oxygen atoms in total. The van der Waals surface area contributed by atoms with Crippen molar-refractivity contribution in [3.05, 3.63) is 69.8 Å². The van der Waals surface area contributed by atoms with E-state index in [0.29, 0.717) is 36.0 Å². The minimum Gasteiger partial charge on any atom is -0.368 e. The summed E-state index contributed by atoms with van der Waals surface area (Å²) in [6.45, 7) is 7.50. The number of nitrogens with one attached hydrogen (secondary N) is 1. The summed E-state index contributed by atoms with van der Waals surface area (Å²) >= 11 is 0. The van der Waals surface area contributed by atoms with Gasteiger partial charge >= 0.3 is 0 Å².